The molecule has 1 rings (SSSR count). The number of rotatable bonds is 4. The van der Waals surface area contributed by atoms with Crippen LogP contribution in [-0.4, -0.2) is 42.4 Å². The molecule has 18 heavy (non-hydrogen) atoms. The van der Waals surface area contributed by atoms with E-state index in [0.717, 1.165) is 0 Å². The fourth-order valence-electron chi connectivity index (χ4n) is 1.37. The number of aromatic nitrogens is 1. The fraction of sp³-hybridized carbons (Fsp3) is 0.385. The molecule has 0 spiro atoms. The highest BCUT2D eigenvalue weighted by Gasteiger charge is 2.10. The molecule has 0 aliphatic carbocycles. The molecule has 0 radical (unpaired) electrons. The number of nitrogens with zero attached hydrogens (tertiary/aromatic N) is 1. The molecule has 0 aliphatic heterocycles. The second-order valence-corrected chi connectivity index (χ2v) is 3.75. The van der Waals surface area contributed by atoms with Crippen LogP contribution in [0.2, 0.25) is 0 Å². The van der Waals surface area contributed by atoms with E-state index in [2.05, 4.69) is 22.1 Å². The molecule has 1 aromatic heterocycles. The summed E-state index contributed by atoms with van der Waals surface area (Å²) in [4.78, 5) is 15.8. The molecule has 0 aliphatic rings. The highest BCUT2D eigenvalue weighted by atomic mass is 16.5. The van der Waals surface area contributed by atoms with Crippen molar-refractivity contribution in [3.05, 3.63) is 29.6 Å². The first-order valence-corrected chi connectivity index (χ1v) is 5.52. The van der Waals surface area contributed by atoms with E-state index < -0.39 is 0 Å². The number of aliphatic hydroxyl groups excluding tert-OH is 1. The molecular weight excluding hydrogens is 232 g/mol. The third-order valence-electron chi connectivity index (χ3n) is 2.11. The van der Waals surface area contributed by atoms with Crippen molar-refractivity contribution >= 4 is 5.91 Å². The van der Waals surface area contributed by atoms with Crippen molar-refractivity contribution in [2.24, 2.45) is 0 Å². The lowest BCUT2D eigenvalue weighted by Crippen LogP contribution is -2.35. The van der Waals surface area contributed by atoms with Gasteiger partial charge in [-0.05, 0) is 13.0 Å². The van der Waals surface area contributed by atoms with Gasteiger partial charge in [0, 0.05) is 31.1 Å². The van der Waals surface area contributed by atoms with Gasteiger partial charge in [0.2, 0.25) is 0 Å². The number of ether oxygens (including phenoxy) is 1. The summed E-state index contributed by atoms with van der Waals surface area (Å²) >= 11 is 0. The molecule has 1 unspecified atom stereocenters. The van der Waals surface area contributed by atoms with E-state index in [4.69, 9.17) is 9.84 Å². The fourth-order valence-corrected chi connectivity index (χ4v) is 1.37. The Morgan fingerprint density at radius 1 is 1.61 bits per heavy atom. The van der Waals surface area contributed by atoms with Gasteiger partial charge in [0.05, 0.1) is 12.2 Å². The molecule has 1 atom stereocenters. The number of nitrogens with one attached hydrogen (secondary N) is 1. The van der Waals surface area contributed by atoms with E-state index in [1.54, 1.807) is 13.2 Å². The molecule has 1 amide bonds. The second kappa shape index (κ2) is 7.43. The maximum absolute atomic E-state index is 11.9. The lowest BCUT2D eigenvalue weighted by molar-refractivity contribution is 0.0905. The smallest absolute Gasteiger partial charge is 0.253 e. The predicted octanol–water partition coefficient (Wildman–Crippen LogP) is 0.190. The highest BCUT2D eigenvalue weighted by Crippen LogP contribution is 2.02. The summed E-state index contributed by atoms with van der Waals surface area (Å²) in [5, 5.41) is 11.4. The van der Waals surface area contributed by atoms with Crippen LogP contribution < -0.4 is 5.32 Å². The molecular formula is C13H16N2O3. The molecule has 0 saturated carbocycles. The largest absolute Gasteiger partial charge is 0.384 e. The topological polar surface area (TPSA) is 71.5 Å². The number of carbonyl (C=O) groups excluding carboxylic acids is 1. The Kier molecular flexibility index (Phi) is 5.85. The number of carbonyl (C=O) groups is 1. The van der Waals surface area contributed by atoms with Gasteiger partial charge in [-0.2, -0.15) is 0 Å². The van der Waals surface area contributed by atoms with Crippen molar-refractivity contribution in [3.8, 4) is 11.8 Å². The van der Waals surface area contributed by atoms with Gasteiger partial charge in [-0.15, -0.1) is 0 Å². The van der Waals surface area contributed by atoms with E-state index >= 15 is 0 Å². The molecule has 0 saturated heterocycles. The molecule has 0 bridgehead atoms. The minimum atomic E-state index is -0.223. The lowest BCUT2D eigenvalue weighted by Gasteiger charge is -2.12. The van der Waals surface area contributed by atoms with Crippen LogP contribution in [0.3, 0.4) is 0 Å². The molecule has 5 heteroatoms. The van der Waals surface area contributed by atoms with Gasteiger partial charge in [-0.1, -0.05) is 11.8 Å². The van der Waals surface area contributed by atoms with Crippen molar-refractivity contribution in [1.29, 1.82) is 0 Å². The van der Waals surface area contributed by atoms with Gasteiger partial charge in [-0.25, -0.2) is 0 Å². The number of aliphatic hydroxyl groups is 1. The predicted molar refractivity (Wildman–Crippen MR) is 67.0 cm³/mol. The minimum absolute atomic E-state index is 0.0744. The number of pyridine rings is 1. The molecule has 2 N–H and O–H groups in total. The second-order valence-electron chi connectivity index (χ2n) is 3.75. The Balaban J connectivity index is 2.74. The standard InChI is InChI=1S/C13H16N2O3/c1-10(9-18-2)15-13(17)12-6-11(4-3-5-16)7-14-8-12/h6-8,10,16H,5,9H2,1-2H3,(H,15,17). The Morgan fingerprint density at radius 3 is 3.06 bits per heavy atom. The summed E-state index contributed by atoms with van der Waals surface area (Å²) in [6.07, 6.45) is 3.01. The van der Waals surface area contributed by atoms with E-state index in [-0.39, 0.29) is 18.6 Å². The first-order chi connectivity index (χ1) is 8.67. The van der Waals surface area contributed by atoms with Gasteiger partial charge in [0.1, 0.15) is 6.61 Å². The van der Waals surface area contributed by atoms with E-state index in [1.165, 1.54) is 12.4 Å². The number of amides is 1. The maximum Gasteiger partial charge on any atom is 0.253 e. The quantitative estimate of drug-likeness (QED) is 0.746. The molecule has 1 heterocycles. The first kappa shape index (κ1) is 14.2. The van der Waals surface area contributed by atoms with Crippen molar-refractivity contribution in [3.63, 3.8) is 0 Å². The number of methoxy groups -OCH3 is 1. The molecule has 5 nitrogen and oxygen atoms in total. The van der Waals surface area contributed by atoms with Crippen molar-refractivity contribution < 1.29 is 14.6 Å². The Labute approximate surface area is 106 Å². The van der Waals surface area contributed by atoms with Crippen LogP contribution in [0.1, 0.15) is 22.8 Å². The molecule has 0 fully saturated rings. The van der Waals surface area contributed by atoms with Crippen LogP contribution in [-0.2, 0) is 4.74 Å². The highest BCUT2D eigenvalue weighted by molar-refractivity contribution is 5.94. The Morgan fingerprint density at radius 2 is 2.39 bits per heavy atom. The molecule has 96 valence electrons. The Hall–Kier alpha value is -1.90. The van der Waals surface area contributed by atoms with Crippen LogP contribution in [0.15, 0.2) is 18.5 Å². The SMILES string of the molecule is COCC(C)NC(=O)c1cncc(C#CCO)c1. The van der Waals surface area contributed by atoms with Gasteiger partial charge in [0.15, 0.2) is 0 Å². The summed E-state index contributed by atoms with van der Waals surface area (Å²) < 4.78 is 4.94. The van der Waals surface area contributed by atoms with Crippen LogP contribution in [0.4, 0.5) is 0 Å². The van der Waals surface area contributed by atoms with Crippen molar-refractivity contribution in [1.82, 2.24) is 10.3 Å². The summed E-state index contributed by atoms with van der Waals surface area (Å²) in [7, 11) is 1.58. The zero-order chi connectivity index (χ0) is 13.4. The van der Waals surface area contributed by atoms with Crippen LogP contribution in [0.25, 0.3) is 0 Å². The Bertz CT molecular complexity index is 463. The summed E-state index contributed by atoms with van der Waals surface area (Å²) in [5.74, 6) is 4.98. The third-order valence-corrected chi connectivity index (χ3v) is 2.11. The van der Waals surface area contributed by atoms with Gasteiger partial charge in [0.25, 0.3) is 5.91 Å². The molecule has 0 aromatic carbocycles. The zero-order valence-corrected chi connectivity index (χ0v) is 10.4. The minimum Gasteiger partial charge on any atom is -0.384 e. The normalized spacial score (nSPS) is 11.3. The van der Waals surface area contributed by atoms with Gasteiger partial charge in [-0.3, -0.25) is 9.78 Å². The van der Waals surface area contributed by atoms with E-state index in [9.17, 15) is 4.79 Å². The summed E-state index contributed by atoms with van der Waals surface area (Å²) in [5.41, 5.74) is 1.03. The van der Waals surface area contributed by atoms with Crippen LogP contribution >= 0.6 is 0 Å². The first-order valence-electron chi connectivity index (χ1n) is 5.52. The lowest BCUT2D eigenvalue weighted by atomic mass is 10.2. The van der Waals surface area contributed by atoms with Crippen molar-refractivity contribution in [2.75, 3.05) is 20.3 Å². The zero-order valence-electron chi connectivity index (χ0n) is 10.4. The monoisotopic (exact) mass is 248 g/mol. The van der Waals surface area contributed by atoms with Crippen LogP contribution in [0, 0.1) is 11.8 Å². The summed E-state index contributed by atoms with van der Waals surface area (Å²) in [6.45, 7) is 2.08. The van der Waals surface area contributed by atoms with Crippen LogP contribution in [0.5, 0.6) is 0 Å². The third kappa shape index (κ3) is 4.53. The van der Waals surface area contributed by atoms with Gasteiger partial charge < -0.3 is 15.2 Å². The maximum atomic E-state index is 11.9. The average molecular weight is 248 g/mol. The van der Waals surface area contributed by atoms with Gasteiger partial charge >= 0.3 is 0 Å². The average Bonchev–Trinajstić information content (AvgIpc) is 2.37. The molecule has 1 aromatic rings. The summed E-state index contributed by atoms with van der Waals surface area (Å²) in [6, 6.07) is 1.56. The number of hydrogen-bond acceptors (Lipinski definition) is 4. The van der Waals surface area contributed by atoms with Crippen molar-refractivity contribution in [2.45, 2.75) is 13.0 Å². The number of hydrogen-bond donors (Lipinski definition) is 2. The van der Waals surface area contributed by atoms with E-state index in [1.807, 2.05) is 6.92 Å². The van der Waals surface area contributed by atoms with E-state index in [0.29, 0.717) is 17.7 Å².